The lowest BCUT2D eigenvalue weighted by molar-refractivity contribution is 0.625. The van der Waals surface area contributed by atoms with Crippen LogP contribution in [-0.4, -0.2) is 10.2 Å². The van der Waals surface area contributed by atoms with Gasteiger partial charge in [0.25, 0.3) is 0 Å². The van der Waals surface area contributed by atoms with E-state index in [4.69, 9.17) is 5.84 Å². The lowest BCUT2D eigenvalue weighted by atomic mass is 9.95. The highest BCUT2D eigenvalue weighted by molar-refractivity contribution is 5.38. The third kappa shape index (κ3) is 2.80. The number of nitrogens with zero attached hydrogens (tertiary/aromatic N) is 2. The molecule has 100 valence electrons. The van der Waals surface area contributed by atoms with Crippen molar-refractivity contribution in [3.05, 3.63) is 57.9 Å². The summed E-state index contributed by atoms with van der Waals surface area (Å²) in [6.45, 7) is 8.10. The van der Waals surface area contributed by atoms with Crippen LogP contribution in [0.1, 0.15) is 39.7 Å². The van der Waals surface area contributed by atoms with Gasteiger partial charge in [0.15, 0.2) is 0 Å². The molecule has 0 aliphatic carbocycles. The molecule has 0 aliphatic heterocycles. The zero-order valence-corrected chi connectivity index (χ0v) is 11.9. The standard InChI is InChI=1S/C15H20N4/c1-9-5-6-13(7-10(9)2)15(17-16)14-8-11(3)18-19-12(14)4/h5-8,15,17H,16H2,1-4H3. The molecule has 1 heterocycles. The number of hydrogen-bond donors (Lipinski definition) is 2. The smallest absolute Gasteiger partial charge is 0.0729 e. The first-order valence-corrected chi connectivity index (χ1v) is 6.37. The quantitative estimate of drug-likeness (QED) is 0.653. The highest BCUT2D eigenvalue weighted by Crippen LogP contribution is 2.25. The monoisotopic (exact) mass is 256 g/mol. The normalized spacial score (nSPS) is 12.5. The number of rotatable bonds is 3. The van der Waals surface area contributed by atoms with E-state index in [-0.39, 0.29) is 6.04 Å². The molecule has 2 aromatic rings. The number of hydrazine groups is 1. The number of aromatic nitrogens is 2. The fourth-order valence-corrected chi connectivity index (χ4v) is 2.17. The van der Waals surface area contributed by atoms with Gasteiger partial charge in [-0.05, 0) is 56.0 Å². The van der Waals surface area contributed by atoms with E-state index >= 15 is 0 Å². The Kier molecular flexibility index (Phi) is 3.93. The van der Waals surface area contributed by atoms with Crippen LogP contribution in [0.2, 0.25) is 0 Å². The number of hydrogen-bond acceptors (Lipinski definition) is 4. The van der Waals surface area contributed by atoms with E-state index in [1.807, 2.05) is 19.9 Å². The van der Waals surface area contributed by atoms with Gasteiger partial charge in [-0.3, -0.25) is 5.84 Å². The van der Waals surface area contributed by atoms with Gasteiger partial charge in [-0.2, -0.15) is 10.2 Å². The summed E-state index contributed by atoms with van der Waals surface area (Å²) in [6.07, 6.45) is 0. The van der Waals surface area contributed by atoms with Crippen molar-refractivity contribution < 1.29 is 0 Å². The Morgan fingerprint density at radius 1 is 1.00 bits per heavy atom. The van der Waals surface area contributed by atoms with E-state index in [1.165, 1.54) is 11.1 Å². The van der Waals surface area contributed by atoms with Gasteiger partial charge in [-0.15, -0.1) is 0 Å². The Morgan fingerprint density at radius 3 is 2.37 bits per heavy atom. The second-order valence-electron chi connectivity index (χ2n) is 4.97. The van der Waals surface area contributed by atoms with Crippen LogP contribution < -0.4 is 11.3 Å². The second kappa shape index (κ2) is 5.47. The molecular weight excluding hydrogens is 236 g/mol. The zero-order chi connectivity index (χ0) is 14.0. The third-order valence-electron chi connectivity index (χ3n) is 3.48. The van der Waals surface area contributed by atoms with Crippen molar-refractivity contribution in [2.75, 3.05) is 0 Å². The van der Waals surface area contributed by atoms with Crippen LogP contribution in [0, 0.1) is 27.7 Å². The summed E-state index contributed by atoms with van der Waals surface area (Å²) in [7, 11) is 0. The minimum atomic E-state index is -0.0616. The maximum atomic E-state index is 5.75. The molecule has 4 nitrogen and oxygen atoms in total. The lowest BCUT2D eigenvalue weighted by Crippen LogP contribution is -2.30. The van der Waals surface area contributed by atoms with Crippen molar-refractivity contribution >= 4 is 0 Å². The van der Waals surface area contributed by atoms with Crippen LogP contribution >= 0.6 is 0 Å². The third-order valence-corrected chi connectivity index (χ3v) is 3.48. The summed E-state index contributed by atoms with van der Waals surface area (Å²) in [4.78, 5) is 0. The molecule has 0 bridgehead atoms. The van der Waals surface area contributed by atoms with Crippen molar-refractivity contribution in [1.82, 2.24) is 15.6 Å². The molecule has 3 N–H and O–H groups in total. The Labute approximate surface area is 114 Å². The van der Waals surface area contributed by atoms with Crippen molar-refractivity contribution in [1.29, 1.82) is 0 Å². The first-order chi connectivity index (χ1) is 9.02. The minimum Gasteiger partial charge on any atom is -0.271 e. The number of benzene rings is 1. The molecule has 0 radical (unpaired) electrons. The largest absolute Gasteiger partial charge is 0.271 e. The van der Waals surface area contributed by atoms with Crippen LogP contribution in [0.25, 0.3) is 0 Å². The van der Waals surface area contributed by atoms with Gasteiger partial charge in [0.1, 0.15) is 0 Å². The van der Waals surface area contributed by atoms with E-state index in [0.29, 0.717) is 0 Å². The highest BCUT2D eigenvalue weighted by Gasteiger charge is 2.16. The van der Waals surface area contributed by atoms with E-state index in [9.17, 15) is 0 Å². The van der Waals surface area contributed by atoms with Gasteiger partial charge in [0.05, 0.1) is 17.4 Å². The van der Waals surface area contributed by atoms with Crippen LogP contribution in [0.5, 0.6) is 0 Å². The molecule has 0 fully saturated rings. The van der Waals surface area contributed by atoms with Gasteiger partial charge >= 0.3 is 0 Å². The number of aryl methyl sites for hydroxylation is 4. The molecule has 0 aliphatic rings. The molecule has 2 rings (SSSR count). The molecule has 1 atom stereocenters. The summed E-state index contributed by atoms with van der Waals surface area (Å²) in [5.74, 6) is 5.75. The fraction of sp³-hybridized carbons (Fsp3) is 0.333. The molecular formula is C15H20N4. The molecule has 0 saturated carbocycles. The fourth-order valence-electron chi connectivity index (χ4n) is 2.17. The van der Waals surface area contributed by atoms with Gasteiger partial charge < -0.3 is 0 Å². The van der Waals surface area contributed by atoms with E-state index in [2.05, 4.69) is 47.7 Å². The van der Waals surface area contributed by atoms with Crippen LogP contribution in [0.3, 0.4) is 0 Å². The van der Waals surface area contributed by atoms with E-state index in [1.54, 1.807) is 0 Å². The van der Waals surface area contributed by atoms with Crippen LogP contribution in [0.15, 0.2) is 24.3 Å². The molecule has 0 amide bonds. The number of nitrogens with two attached hydrogens (primary N) is 1. The van der Waals surface area contributed by atoms with Crippen molar-refractivity contribution in [3.8, 4) is 0 Å². The molecule has 1 aromatic carbocycles. The van der Waals surface area contributed by atoms with Crippen molar-refractivity contribution in [2.45, 2.75) is 33.7 Å². The summed E-state index contributed by atoms with van der Waals surface area (Å²) in [6, 6.07) is 8.35. The topological polar surface area (TPSA) is 63.8 Å². The van der Waals surface area contributed by atoms with E-state index < -0.39 is 0 Å². The lowest BCUT2D eigenvalue weighted by Gasteiger charge is -2.19. The molecule has 19 heavy (non-hydrogen) atoms. The van der Waals surface area contributed by atoms with Crippen LogP contribution in [-0.2, 0) is 0 Å². The summed E-state index contributed by atoms with van der Waals surface area (Å²) < 4.78 is 0. The first-order valence-electron chi connectivity index (χ1n) is 6.37. The van der Waals surface area contributed by atoms with Gasteiger partial charge in [-0.25, -0.2) is 5.43 Å². The molecule has 1 unspecified atom stereocenters. The summed E-state index contributed by atoms with van der Waals surface area (Å²) >= 11 is 0. The average Bonchev–Trinajstić information content (AvgIpc) is 2.38. The van der Waals surface area contributed by atoms with Gasteiger partial charge in [0, 0.05) is 0 Å². The highest BCUT2D eigenvalue weighted by atomic mass is 15.2. The van der Waals surface area contributed by atoms with Gasteiger partial charge in [-0.1, -0.05) is 18.2 Å². The summed E-state index contributed by atoms with van der Waals surface area (Å²) in [5.41, 5.74) is 9.41. The zero-order valence-electron chi connectivity index (χ0n) is 11.9. The average molecular weight is 256 g/mol. The Morgan fingerprint density at radius 2 is 1.74 bits per heavy atom. The SMILES string of the molecule is Cc1cc(C(NN)c2ccc(C)c(C)c2)c(C)nn1. The van der Waals surface area contributed by atoms with Crippen molar-refractivity contribution in [3.63, 3.8) is 0 Å². The Hall–Kier alpha value is -1.78. The van der Waals surface area contributed by atoms with E-state index in [0.717, 1.165) is 22.5 Å². The summed E-state index contributed by atoms with van der Waals surface area (Å²) in [5, 5.41) is 8.23. The number of nitrogens with one attached hydrogen (secondary N) is 1. The van der Waals surface area contributed by atoms with Crippen molar-refractivity contribution in [2.24, 2.45) is 5.84 Å². The maximum absolute atomic E-state index is 5.75. The van der Waals surface area contributed by atoms with Gasteiger partial charge in [0.2, 0.25) is 0 Å². The molecule has 4 heteroatoms. The Bertz CT molecular complexity index is 593. The molecule has 0 saturated heterocycles. The van der Waals surface area contributed by atoms with Crippen LogP contribution in [0.4, 0.5) is 0 Å². The maximum Gasteiger partial charge on any atom is 0.0729 e. The molecule has 0 spiro atoms. The first kappa shape index (κ1) is 13.6. The molecule has 1 aromatic heterocycles. The predicted octanol–water partition coefficient (Wildman–Crippen LogP) is 2.26. The predicted molar refractivity (Wildman–Crippen MR) is 76.6 cm³/mol. The minimum absolute atomic E-state index is 0.0616. The Balaban J connectivity index is 2.49. The second-order valence-corrected chi connectivity index (χ2v) is 4.97.